The van der Waals surface area contributed by atoms with Crippen LogP contribution in [0, 0.1) is 0 Å². The number of halogens is 3. The van der Waals surface area contributed by atoms with E-state index in [-0.39, 0.29) is 12.5 Å². The Morgan fingerprint density at radius 1 is 1.48 bits per heavy atom. The van der Waals surface area contributed by atoms with E-state index >= 15 is 0 Å². The standard InChI is InChI=1S/C14H16F3NO3/c1-20-13(19)9-18-5-6-21-12(8-18)10-3-2-4-11(7-10)14(15,16)17/h2-4,7,12H,5-6,8-9H2,1H3/t12-/m1/s1. The lowest BCUT2D eigenvalue weighted by molar-refractivity contribution is -0.143. The van der Waals surface area contributed by atoms with Crippen molar-refractivity contribution >= 4 is 5.97 Å². The quantitative estimate of drug-likeness (QED) is 0.803. The summed E-state index contributed by atoms with van der Waals surface area (Å²) in [6.07, 6.45) is -4.86. The molecule has 1 atom stereocenters. The summed E-state index contributed by atoms with van der Waals surface area (Å²) in [4.78, 5) is 13.1. The Hall–Kier alpha value is -1.60. The van der Waals surface area contributed by atoms with Crippen LogP contribution >= 0.6 is 0 Å². The molecule has 0 aliphatic carbocycles. The van der Waals surface area contributed by atoms with E-state index in [4.69, 9.17) is 4.74 Å². The van der Waals surface area contributed by atoms with Crippen molar-refractivity contribution in [2.24, 2.45) is 0 Å². The number of alkyl halides is 3. The van der Waals surface area contributed by atoms with Gasteiger partial charge in [0.2, 0.25) is 0 Å². The summed E-state index contributed by atoms with van der Waals surface area (Å²) >= 11 is 0. The summed E-state index contributed by atoms with van der Waals surface area (Å²) in [6.45, 7) is 1.37. The number of methoxy groups -OCH3 is 1. The molecule has 21 heavy (non-hydrogen) atoms. The molecule has 0 radical (unpaired) electrons. The average molecular weight is 303 g/mol. The second kappa shape index (κ2) is 6.44. The zero-order valence-electron chi connectivity index (χ0n) is 11.5. The van der Waals surface area contributed by atoms with Gasteiger partial charge in [-0.2, -0.15) is 13.2 Å². The fourth-order valence-corrected chi connectivity index (χ4v) is 2.21. The van der Waals surface area contributed by atoms with Gasteiger partial charge in [0.15, 0.2) is 0 Å². The number of esters is 1. The Morgan fingerprint density at radius 3 is 2.90 bits per heavy atom. The van der Waals surface area contributed by atoms with Crippen LogP contribution < -0.4 is 0 Å². The normalized spacial score (nSPS) is 20.3. The van der Waals surface area contributed by atoms with Gasteiger partial charge >= 0.3 is 12.1 Å². The molecule has 0 saturated carbocycles. The molecule has 0 bridgehead atoms. The van der Waals surface area contributed by atoms with Gasteiger partial charge in [-0.25, -0.2) is 0 Å². The largest absolute Gasteiger partial charge is 0.468 e. The van der Waals surface area contributed by atoms with Gasteiger partial charge < -0.3 is 9.47 Å². The van der Waals surface area contributed by atoms with Gasteiger partial charge in [0.05, 0.1) is 31.9 Å². The fourth-order valence-electron chi connectivity index (χ4n) is 2.21. The molecule has 1 saturated heterocycles. The van der Waals surface area contributed by atoms with Crippen LogP contribution in [-0.4, -0.2) is 44.2 Å². The van der Waals surface area contributed by atoms with Crippen LogP contribution in [0.1, 0.15) is 17.2 Å². The van der Waals surface area contributed by atoms with E-state index in [9.17, 15) is 18.0 Å². The van der Waals surface area contributed by atoms with E-state index in [1.165, 1.54) is 13.2 Å². The van der Waals surface area contributed by atoms with E-state index in [2.05, 4.69) is 4.74 Å². The first-order chi connectivity index (χ1) is 9.90. The molecule has 0 amide bonds. The second-order valence-corrected chi connectivity index (χ2v) is 4.79. The molecule has 1 aliphatic rings. The van der Waals surface area contributed by atoms with Gasteiger partial charge in [-0.3, -0.25) is 9.69 Å². The third kappa shape index (κ3) is 4.18. The Kier molecular flexibility index (Phi) is 4.84. The summed E-state index contributed by atoms with van der Waals surface area (Å²) in [7, 11) is 1.30. The minimum absolute atomic E-state index is 0.106. The van der Waals surface area contributed by atoms with E-state index in [1.807, 2.05) is 0 Å². The highest BCUT2D eigenvalue weighted by Gasteiger charge is 2.32. The van der Waals surface area contributed by atoms with Crippen LogP contribution in [0.15, 0.2) is 24.3 Å². The number of hydrogen-bond acceptors (Lipinski definition) is 4. The average Bonchev–Trinajstić information content (AvgIpc) is 2.46. The third-order valence-corrected chi connectivity index (χ3v) is 3.32. The molecule has 0 aromatic heterocycles. The first-order valence-corrected chi connectivity index (χ1v) is 6.48. The Morgan fingerprint density at radius 2 is 2.24 bits per heavy atom. The predicted molar refractivity (Wildman–Crippen MR) is 68.6 cm³/mol. The number of carbonyl (C=O) groups is 1. The number of nitrogens with zero attached hydrogens (tertiary/aromatic N) is 1. The molecule has 1 aromatic carbocycles. The molecule has 2 rings (SSSR count). The van der Waals surface area contributed by atoms with Crippen LogP contribution in [0.25, 0.3) is 0 Å². The molecule has 7 heteroatoms. The number of hydrogen-bond donors (Lipinski definition) is 0. The fraction of sp³-hybridized carbons (Fsp3) is 0.500. The molecule has 1 aromatic rings. The van der Waals surface area contributed by atoms with Gasteiger partial charge in [0.1, 0.15) is 0 Å². The number of benzene rings is 1. The number of carbonyl (C=O) groups excluding carboxylic acids is 1. The SMILES string of the molecule is COC(=O)CN1CCO[C@@H](c2cccc(C(F)(F)F)c2)C1. The smallest absolute Gasteiger partial charge is 0.416 e. The van der Waals surface area contributed by atoms with Crippen LogP contribution in [-0.2, 0) is 20.4 Å². The lowest BCUT2D eigenvalue weighted by atomic mass is 10.0. The number of rotatable bonds is 3. The molecule has 4 nitrogen and oxygen atoms in total. The van der Waals surface area contributed by atoms with Crippen molar-refractivity contribution in [3.63, 3.8) is 0 Å². The minimum Gasteiger partial charge on any atom is -0.468 e. The Labute approximate surface area is 120 Å². The second-order valence-electron chi connectivity index (χ2n) is 4.79. The van der Waals surface area contributed by atoms with Crippen molar-refractivity contribution in [1.29, 1.82) is 0 Å². The Balaban J connectivity index is 2.09. The highest BCUT2D eigenvalue weighted by molar-refractivity contribution is 5.71. The maximum atomic E-state index is 12.7. The molecule has 0 unspecified atom stereocenters. The van der Waals surface area contributed by atoms with Gasteiger partial charge in [0.25, 0.3) is 0 Å². The van der Waals surface area contributed by atoms with Crippen molar-refractivity contribution in [3.8, 4) is 0 Å². The first kappa shape index (κ1) is 15.8. The topological polar surface area (TPSA) is 38.8 Å². The van der Waals surface area contributed by atoms with Gasteiger partial charge in [-0.15, -0.1) is 0 Å². The third-order valence-electron chi connectivity index (χ3n) is 3.32. The van der Waals surface area contributed by atoms with E-state index in [0.29, 0.717) is 25.3 Å². The molecule has 0 N–H and O–H groups in total. The van der Waals surface area contributed by atoms with Crippen LogP contribution in [0.5, 0.6) is 0 Å². The summed E-state index contributed by atoms with van der Waals surface area (Å²) in [5.74, 6) is -0.375. The maximum Gasteiger partial charge on any atom is 0.416 e. The zero-order valence-corrected chi connectivity index (χ0v) is 11.5. The molecular formula is C14H16F3NO3. The summed E-state index contributed by atoms with van der Waals surface area (Å²) in [5.41, 5.74) is -0.243. The minimum atomic E-state index is -4.38. The van der Waals surface area contributed by atoms with E-state index in [1.54, 1.807) is 11.0 Å². The van der Waals surface area contributed by atoms with Gasteiger partial charge in [0, 0.05) is 13.1 Å². The van der Waals surface area contributed by atoms with Crippen LogP contribution in [0.4, 0.5) is 13.2 Å². The monoisotopic (exact) mass is 303 g/mol. The number of morpholine rings is 1. The lowest BCUT2D eigenvalue weighted by Gasteiger charge is -2.32. The summed E-state index contributed by atoms with van der Waals surface area (Å²) in [6, 6.07) is 5.08. The lowest BCUT2D eigenvalue weighted by Crippen LogP contribution is -2.41. The molecule has 1 aliphatic heterocycles. The zero-order chi connectivity index (χ0) is 15.5. The number of ether oxygens (including phenoxy) is 2. The van der Waals surface area contributed by atoms with Crippen molar-refractivity contribution in [2.45, 2.75) is 12.3 Å². The molecule has 0 spiro atoms. The van der Waals surface area contributed by atoms with Crippen molar-refractivity contribution < 1.29 is 27.4 Å². The molecule has 116 valence electrons. The Bertz CT molecular complexity index is 504. The van der Waals surface area contributed by atoms with Crippen molar-refractivity contribution in [3.05, 3.63) is 35.4 Å². The van der Waals surface area contributed by atoms with E-state index < -0.39 is 17.8 Å². The van der Waals surface area contributed by atoms with Crippen LogP contribution in [0.3, 0.4) is 0 Å². The molecule has 1 heterocycles. The summed E-state index contributed by atoms with van der Waals surface area (Å²) < 4.78 is 48.3. The highest BCUT2D eigenvalue weighted by atomic mass is 19.4. The first-order valence-electron chi connectivity index (χ1n) is 6.48. The van der Waals surface area contributed by atoms with Crippen LogP contribution in [0.2, 0.25) is 0 Å². The van der Waals surface area contributed by atoms with E-state index in [0.717, 1.165) is 12.1 Å². The van der Waals surface area contributed by atoms with Gasteiger partial charge in [-0.1, -0.05) is 12.1 Å². The molecular weight excluding hydrogens is 287 g/mol. The maximum absolute atomic E-state index is 12.7. The van der Waals surface area contributed by atoms with Crippen molar-refractivity contribution in [1.82, 2.24) is 4.90 Å². The highest BCUT2D eigenvalue weighted by Crippen LogP contribution is 2.32. The van der Waals surface area contributed by atoms with Gasteiger partial charge in [-0.05, 0) is 17.7 Å². The predicted octanol–water partition coefficient (Wildman–Crippen LogP) is 2.25. The molecule has 1 fully saturated rings. The van der Waals surface area contributed by atoms with Crippen molar-refractivity contribution in [2.75, 3.05) is 33.4 Å². The summed E-state index contributed by atoms with van der Waals surface area (Å²) in [5, 5.41) is 0.